The second kappa shape index (κ2) is 12.3. The first-order valence-corrected chi connectivity index (χ1v) is 14.5. The number of hydrazone groups is 1. The molecule has 0 bridgehead atoms. The van der Waals surface area contributed by atoms with Crippen LogP contribution in [0.5, 0.6) is 5.75 Å². The van der Waals surface area contributed by atoms with Gasteiger partial charge in [0.2, 0.25) is 0 Å². The molecule has 1 amide bonds. The molecular weight excluding hydrogens is 580 g/mol. The summed E-state index contributed by atoms with van der Waals surface area (Å²) in [5.41, 5.74) is 6.57. The molecule has 1 heterocycles. The number of anilines is 1. The van der Waals surface area contributed by atoms with E-state index in [1.807, 2.05) is 51.1 Å². The van der Waals surface area contributed by atoms with Gasteiger partial charge in [-0.2, -0.15) is 5.10 Å². The van der Waals surface area contributed by atoms with E-state index >= 15 is 0 Å². The number of sulfonamides is 1. The van der Waals surface area contributed by atoms with Crippen LogP contribution in [0, 0.1) is 13.8 Å². The van der Waals surface area contributed by atoms with E-state index in [0.29, 0.717) is 18.0 Å². The number of carbonyl (C=O) groups is 1. The molecular formula is C29H29BrN4O4S. The van der Waals surface area contributed by atoms with Crippen molar-refractivity contribution in [1.29, 1.82) is 0 Å². The zero-order valence-electron chi connectivity index (χ0n) is 21.8. The van der Waals surface area contributed by atoms with E-state index in [-0.39, 0.29) is 4.90 Å². The lowest BCUT2D eigenvalue weighted by molar-refractivity contribution is -0.119. The number of carbonyl (C=O) groups excluding carboxylic acids is 1. The van der Waals surface area contributed by atoms with Gasteiger partial charge in [-0.25, -0.2) is 13.8 Å². The van der Waals surface area contributed by atoms with Crippen molar-refractivity contribution in [3.63, 3.8) is 0 Å². The maximum Gasteiger partial charge on any atom is 0.264 e. The summed E-state index contributed by atoms with van der Waals surface area (Å²) in [5.74, 6) is 0.0201. The monoisotopic (exact) mass is 608 g/mol. The Balaban J connectivity index is 1.55. The third-order valence-corrected chi connectivity index (χ3v) is 8.47. The summed E-state index contributed by atoms with van der Waals surface area (Å²) in [4.78, 5) is 13.0. The summed E-state index contributed by atoms with van der Waals surface area (Å²) in [6, 6.07) is 24.4. The summed E-state index contributed by atoms with van der Waals surface area (Å²) >= 11 is 3.60. The van der Waals surface area contributed by atoms with Gasteiger partial charge in [0.05, 0.1) is 29.1 Å². The van der Waals surface area contributed by atoms with E-state index in [2.05, 4.69) is 31.0 Å². The number of halogens is 1. The van der Waals surface area contributed by atoms with Crippen LogP contribution in [0.1, 0.15) is 23.9 Å². The minimum Gasteiger partial charge on any atom is -0.494 e. The zero-order chi connectivity index (χ0) is 28.0. The zero-order valence-corrected chi connectivity index (χ0v) is 24.2. The molecule has 8 nitrogen and oxygen atoms in total. The van der Waals surface area contributed by atoms with Crippen LogP contribution in [-0.2, 0) is 14.8 Å². The van der Waals surface area contributed by atoms with Gasteiger partial charge in [0.25, 0.3) is 15.9 Å². The first kappa shape index (κ1) is 28.1. The highest BCUT2D eigenvalue weighted by atomic mass is 79.9. The topological polar surface area (TPSA) is 93.0 Å². The Labute approximate surface area is 237 Å². The summed E-state index contributed by atoms with van der Waals surface area (Å²) in [7, 11) is -4.02. The first-order chi connectivity index (χ1) is 18.7. The molecule has 39 heavy (non-hydrogen) atoms. The number of aromatic nitrogens is 1. The Morgan fingerprint density at radius 1 is 1.03 bits per heavy atom. The standard InChI is InChI=1S/C29H29BrN4O4S/c1-4-38-25-16-14-24(15-17-25)33(39(36,37)26-10-6-5-7-11-26)20-29(35)32-31-19-23-18-21(2)34(22(23)3)28-13-9-8-12-27(28)30/h5-19H,4,20H2,1-3H3,(H,32,35)/b31-19-. The van der Waals surface area contributed by atoms with Crippen molar-refractivity contribution in [2.24, 2.45) is 5.10 Å². The number of rotatable bonds is 10. The molecule has 0 aliphatic rings. The summed E-state index contributed by atoms with van der Waals surface area (Å²) in [6.07, 6.45) is 1.56. The van der Waals surface area contributed by atoms with Gasteiger partial charge in [-0.1, -0.05) is 30.3 Å². The van der Waals surface area contributed by atoms with E-state index in [1.165, 1.54) is 12.1 Å². The van der Waals surface area contributed by atoms with Gasteiger partial charge in [-0.15, -0.1) is 0 Å². The van der Waals surface area contributed by atoms with E-state index < -0.39 is 22.5 Å². The molecule has 4 aromatic rings. The number of hydrogen-bond acceptors (Lipinski definition) is 5. The van der Waals surface area contributed by atoms with E-state index in [9.17, 15) is 13.2 Å². The number of benzene rings is 3. The minimum absolute atomic E-state index is 0.0784. The first-order valence-electron chi connectivity index (χ1n) is 12.3. The van der Waals surface area contributed by atoms with Crippen LogP contribution in [0.15, 0.2) is 99.4 Å². The van der Waals surface area contributed by atoms with E-state index in [4.69, 9.17) is 4.74 Å². The number of aryl methyl sites for hydroxylation is 1. The molecule has 4 rings (SSSR count). The molecule has 0 atom stereocenters. The van der Waals surface area contributed by atoms with Crippen LogP contribution in [0.3, 0.4) is 0 Å². The van der Waals surface area contributed by atoms with E-state index in [0.717, 1.165) is 31.4 Å². The number of nitrogens with zero attached hydrogens (tertiary/aromatic N) is 3. The van der Waals surface area contributed by atoms with Crippen molar-refractivity contribution in [2.75, 3.05) is 17.5 Å². The summed E-state index contributed by atoms with van der Waals surface area (Å²) in [5, 5.41) is 4.12. The van der Waals surface area contributed by atoms with Crippen molar-refractivity contribution >= 4 is 43.8 Å². The van der Waals surface area contributed by atoms with Crippen LogP contribution in [-0.4, -0.2) is 38.3 Å². The second-order valence-corrected chi connectivity index (χ2v) is 11.4. The van der Waals surface area contributed by atoms with Crippen LogP contribution in [0.2, 0.25) is 0 Å². The molecule has 0 aliphatic heterocycles. The molecule has 0 saturated carbocycles. The van der Waals surface area contributed by atoms with Gasteiger partial charge in [-0.3, -0.25) is 9.10 Å². The fraction of sp³-hybridized carbons (Fsp3) is 0.172. The Hall–Kier alpha value is -3.89. The molecule has 1 aromatic heterocycles. The Kier molecular flexibility index (Phi) is 8.88. The Morgan fingerprint density at radius 3 is 2.36 bits per heavy atom. The molecule has 202 valence electrons. The predicted octanol–water partition coefficient (Wildman–Crippen LogP) is 5.60. The molecule has 0 spiro atoms. The molecule has 3 aromatic carbocycles. The highest BCUT2D eigenvalue weighted by Crippen LogP contribution is 2.27. The van der Waals surface area contributed by atoms with Crippen molar-refractivity contribution in [1.82, 2.24) is 9.99 Å². The molecule has 0 unspecified atom stereocenters. The van der Waals surface area contributed by atoms with Gasteiger partial charge in [0.1, 0.15) is 12.3 Å². The largest absolute Gasteiger partial charge is 0.494 e. The number of hydrogen-bond donors (Lipinski definition) is 1. The van der Waals surface area contributed by atoms with Crippen LogP contribution in [0.25, 0.3) is 5.69 Å². The third kappa shape index (κ3) is 6.40. The van der Waals surface area contributed by atoms with Crippen molar-refractivity contribution in [3.8, 4) is 11.4 Å². The predicted molar refractivity (Wildman–Crippen MR) is 157 cm³/mol. The number of nitrogens with one attached hydrogen (secondary N) is 1. The molecule has 0 fully saturated rings. The normalized spacial score (nSPS) is 11.5. The molecule has 0 saturated heterocycles. The average Bonchev–Trinajstić information content (AvgIpc) is 3.21. The summed E-state index contributed by atoms with van der Waals surface area (Å²) in [6.45, 7) is 5.85. The van der Waals surface area contributed by atoms with Gasteiger partial charge < -0.3 is 9.30 Å². The quantitative estimate of drug-likeness (QED) is 0.187. The lowest BCUT2D eigenvalue weighted by Crippen LogP contribution is -2.39. The second-order valence-electron chi connectivity index (χ2n) is 8.66. The summed E-state index contributed by atoms with van der Waals surface area (Å²) < 4.78 is 36.6. The Bertz CT molecular complexity index is 1580. The van der Waals surface area contributed by atoms with Gasteiger partial charge in [0, 0.05) is 21.4 Å². The third-order valence-electron chi connectivity index (χ3n) is 6.01. The lowest BCUT2D eigenvalue weighted by Gasteiger charge is -2.24. The smallest absolute Gasteiger partial charge is 0.264 e. The molecule has 1 N–H and O–H groups in total. The number of para-hydroxylation sites is 1. The van der Waals surface area contributed by atoms with Crippen molar-refractivity contribution in [3.05, 3.63) is 106 Å². The highest BCUT2D eigenvalue weighted by Gasteiger charge is 2.27. The maximum absolute atomic E-state index is 13.5. The molecule has 0 aliphatic carbocycles. The van der Waals surface area contributed by atoms with Crippen LogP contribution in [0.4, 0.5) is 5.69 Å². The van der Waals surface area contributed by atoms with Crippen LogP contribution < -0.4 is 14.5 Å². The number of amides is 1. The SMILES string of the molecule is CCOc1ccc(N(CC(=O)N/N=C\c2cc(C)n(-c3ccccc3Br)c2C)S(=O)(=O)c2ccccc2)cc1. The maximum atomic E-state index is 13.5. The van der Waals surface area contributed by atoms with Crippen molar-refractivity contribution < 1.29 is 17.9 Å². The lowest BCUT2D eigenvalue weighted by atomic mass is 10.2. The van der Waals surface area contributed by atoms with E-state index in [1.54, 1.807) is 48.7 Å². The van der Waals surface area contributed by atoms with Gasteiger partial charge in [0.15, 0.2) is 0 Å². The Morgan fingerprint density at radius 2 is 1.69 bits per heavy atom. The minimum atomic E-state index is -4.02. The van der Waals surface area contributed by atoms with Crippen LogP contribution >= 0.6 is 15.9 Å². The fourth-order valence-electron chi connectivity index (χ4n) is 4.17. The highest BCUT2D eigenvalue weighted by molar-refractivity contribution is 9.10. The van der Waals surface area contributed by atoms with Crippen molar-refractivity contribution in [2.45, 2.75) is 25.7 Å². The molecule has 0 radical (unpaired) electrons. The van der Waals surface area contributed by atoms with Gasteiger partial charge in [-0.05, 0) is 91.3 Å². The number of ether oxygens (including phenoxy) is 1. The fourth-order valence-corrected chi connectivity index (χ4v) is 6.08. The average molecular weight is 610 g/mol. The molecule has 10 heteroatoms. The van der Waals surface area contributed by atoms with Gasteiger partial charge >= 0.3 is 0 Å².